The summed E-state index contributed by atoms with van der Waals surface area (Å²) in [6.45, 7) is 9.20. The first kappa shape index (κ1) is 16.5. The summed E-state index contributed by atoms with van der Waals surface area (Å²) in [5, 5.41) is 0. The zero-order valence-corrected chi connectivity index (χ0v) is 14.8. The summed E-state index contributed by atoms with van der Waals surface area (Å²) in [5.74, 6) is 3.19. The molecule has 1 aromatic carbocycles. The van der Waals surface area contributed by atoms with Crippen LogP contribution in [0.4, 0.5) is 0 Å². The number of hydrogen-bond donors (Lipinski definition) is 0. The van der Waals surface area contributed by atoms with Crippen molar-refractivity contribution in [2.45, 2.75) is 32.2 Å². The van der Waals surface area contributed by atoms with Crippen LogP contribution < -0.4 is 0 Å². The molecule has 22 heavy (non-hydrogen) atoms. The number of hydrogen-bond acceptors (Lipinski definition) is 2. The van der Waals surface area contributed by atoms with E-state index in [1.807, 2.05) is 36.5 Å². The van der Waals surface area contributed by atoms with Crippen LogP contribution in [-0.2, 0) is 10.3 Å². The van der Waals surface area contributed by atoms with Gasteiger partial charge in [0.05, 0.1) is 0 Å². The molecule has 0 N–H and O–H groups in total. The quantitative estimate of drug-likeness (QED) is 0.622. The van der Waals surface area contributed by atoms with Gasteiger partial charge in [-0.25, -0.2) is 0 Å². The molecule has 0 saturated carbocycles. The highest BCUT2D eigenvalue weighted by atomic mass is 28.3. The summed E-state index contributed by atoms with van der Waals surface area (Å²) < 4.78 is 6.21. The van der Waals surface area contributed by atoms with E-state index in [1.54, 1.807) is 6.20 Å². The lowest BCUT2D eigenvalue weighted by Crippen LogP contribution is -2.28. The second-order valence-corrected chi connectivity index (χ2v) is 11.2. The van der Waals surface area contributed by atoms with Crippen LogP contribution in [0, 0.1) is 11.5 Å². The van der Waals surface area contributed by atoms with Gasteiger partial charge in [0.15, 0.2) is 0 Å². The number of ether oxygens (including phenoxy) is 1. The molecule has 1 unspecified atom stereocenters. The van der Waals surface area contributed by atoms with Gasteiger partial charge in [0, 0.05) is 18.0 Å². The van der Waals surface area contributed by atoms with Gasteiger partial charge in [0.1, 0.15) is 20.3 Å². The van der Waals surface area contributed by atoms with Crippen LogP contribution in [0.3, 0.4) is 0 Å². The lowest BCUT2D eigenvalue weighted by molar-refractivity contribution is 0.0168. The van der Waals surface area contributed by atoms with E-state index in [1.165, 1.54) is 0 Å². The maximum Gasteiger partial charge on any atom is 0.129 e. The maximum absolute atomic E-state index is 6.21. The second-order valence-electron chi connectivity index (χ2n) is 6.48. The highest BCUT2D eigenvalue weighted by Crippen LogP contribution is 2.32. The maximum atomic E-state index is 6.21. The van der Waals surface area contributed by atoms with E-state index >= 15 is 0 Å². The Labute approximate surface area is 134 Å². The zero-order chi connectivity index (χ0) is 16.1. The lowest BCUT2D eigenvalue weighted by atomic mass is 9.89. The molecule has 2 rings (SSSR count). The first-order chi connectivity index (χ1) is 10.4. The van der Waals surface area contributed by atoms with E-state index in [0.717, 1.165) is 11.1 Å². The molecule has 0 fully saturated rings. The molecule has 1 heterocycles. The third-order valence-corrected chi connectivity index (χ3v) is 4.36. The van der Waals surface area contributed by atoms with Gasteiger partial charge in [-0.1, -0.05) is 62.0 Å². The second kappa shape index (κ2) is 6.91. The molecule has 1 atom stereocenters. The molecule has 3 heteroatoms. The Bertz CT molecular complexity index is 611. The molecule has 114 valence electrons. The Morgan fingerprint density at radius 2 is 1.73 bits per heavy atom. The number of rotatable bonds is 4. The molecular weight excluding hydrogens is 286 g/mol. The SMILES string of the molecule is CC(OCC#C[Si](C)(C)C)(c1ccccc1)c1cccnc1. The predicted molar refractivity (Wildman–Crippen MR) is 94.2 cm³/mol. The summed E-state index contributed by atoms with van der Waals surface area (Å²) in [4.78, 5) is 4.23. The van der Waals surface area contributed by atoms with Crippen molar-refractivity contribution in [1.82, 2.24) is 4.98 Å². The first-order valence-electron chi connectivity index (χ1n) is 7.52. The van der Waals surface area contributed by atoms with Crippen LogP contribution in [0.15, 0.2) is 54.9 Å². The molecule has 0 aliphatic carbocycles. The van der Waals surface area contributed by atoms with E-state index in [2.05, 4.69) is 55.1 Å². The molecule has 0 aliphatic rings. The highest BCUT2D eigenvalue weighted by Gasteiger charge is 2.29. The number of pyridine rings is 1. The van der Waals surface area contributed by atoms with Gasteiger partial charge >= 0.3 is 0 Å². The Morgan fingerprint density at radius 3 is 2.32 bits per heavy atom. The molecule has 0 bridgehead atoms. The van der Waals surface area contributed by atoms with Crippen LogP contribution >= 0.6 is 0 Å². The third kappa shape index (κ3) is 4.30. The molecule has 0 spiro atoms. The van der Waals surface area contributed by atoms with Gasteiger partial charge in [-0.3, -0.25) is 4.98 Å². The van der Waals surface area contributed by atoms with Crippen LogP contribution in [0.5, 0.6) is 0 Å². The van der Waals surface area contributed by atoms with E-state index < -0.39 is 13.7 Å². The van der Waals surface area contributed by atoms with Crippen molar-refractivity contribution in [1.29, 1.82) is 0 Å². The van der Waals surface area contributed by atoms with Crippen molar-refractivity contribution in [3.63, 3.8) is 0 Å². The average molecular weight is 309 g/mol. The zero-order valence-electron chi connectivity index (χ0n) is 13.8. The number of aromatic nitrogens is 1. The van der Waals surface area contributed by atoms with Gasteiger partial charge < -0.3 is 4.74 Å². The van der Waals surface area contributed by atoms with Crippen LogP contribution in [-0.4, -0.2) is 19.7 Å². The molecule has 0 amide bonds. The van der Waals surface area contributed by atoms with Gasteiger partial charge in [0.25, 0.3) is 0 Å². The summed E-state index contributed by atoms with van der Waals surface area (Å²) >= 11 is 0. The van der Waals surface area contributed by atoms with Crippen molar-refractivity contribution in [3.8, 4) is 11.5 Å². The minimum absolute atomic E-state index is 0.421. The van der Waals surface area contributed by atoms with Crippen LogP contribution in [0.1, 0.15) is 18.1 Å². The van der Waals surface area contributed by atoms with E-state index in [4.69, 9.17) is 4.74 Å². The van der Waals surface area contributed by atoms with Crippen molar-refractivity contribution in [2.24, 2.45) is 0 Å². The first-order valence-corrected chi connectivity index (χ1v) is 11.0. The Morgan fingerprint density at radius 1 is 1.05 bits per heavy atom. The minimum Gasteiger partial charge on any atom is -0.353 e. The normalized spacial score (nSPS) is 13.8. The van der Waals surface area contributed by atoms with Gasteiger partial charge in [-0.05, 0) is 18.6 Å². The fraction of sp³-hybridized carbons (Fsp3) is 0.316. The molecule has 2 nitrogen and oxygen atoms in total. The van der Waals surface area contributed by atoms with E-state index in [9.17, 15) is 0 Å². The predicted octanol–water partition coefficient (Wildman–Crippen LogP) is 4.24. The summed E-state index contributed by atoms with van der Waals surface area (Å²) in [6, 6.07) is 14.2. The van der Waals surface area contributed by atoms with Gasteiger partial charge in [-0.2, -0.15) is 0 Å². The van der Waals surface area contributed by atoms with Gasteiger partial charge in [-0.15, -0.1) is 5.54 Å². The Kier molecular flexibility index (Phi) is 5.18. The van der Waals surface area contributed by atoms with Gasteiger partial charge in [0.2, 0.25) is 0 Å². The van der Waals surface area contributed by atoms with E-state index in [0.29, 0.717) is 6.61 Å². The summed E-state index contributed by atoms with van der Waals surface area (Å²) in [6.07, 6.45) is 3.64. The average Bonchev–Trinajstić information content (AvgIpc) is 2.52. The largest absolute Gasteiger partial charge is 0.353 e. The summed E-state index contributed by atoms with van der Waals surface area (Å²) in [7, 11) is -1.37. The third-order valence-electron chi connectivity index (χ3n) is 3.43. The fourth-order valence-corrected chi connectivity index (χ4v) is 2.82. The van der Waals surface area contributed by atoms with Crippen molar-refractivity contribution in [3.05, 3.63) is 66.0 Å². The fourth-order valence-electron chi connectivity index (χ4n) is 2.22. The van der Waals surface area contributed by atoms with Crippen LogP contribution in [0.2, 0.25) is 19.6 Å². The number of benzene rings is 1. The lowest BCUT2D eigenvalue weighted by Gasteiger charge is -2.30. The number of nitrogens with zero attached hydrogens (tertiary/aromatic N) is 1. The molecule has 0 radical (unpaired) electrons. The molecule has 0 aliphatic heterocycles. The Balaban J connectivity index is 2.29. The molecule has 2 aromatic rings. The molecule has 1 aromatic heterocycles. The molecular formula is C19H23NOSi. The topological polar surface area (TPSA) is 22.1 Å². The van der Waals surface area contributed by atoms with Crippen molar-refractivity contribution >= 4 is 8.07 Å². The summed E-state index contributed by atoms with van der Waals surface area (Å²) in [5.41, 5.74) is 4.95. The standard InChI is InChI=1S/C19H23NOSi/c1-19(17-10-6-5-7-11-17,18-12-8-13-20-16-18)21-14-9-15-22(2,3)4/h5-8,10-13,16H,14H2,1-4H3. The van der Waals surface area contributed by atoms with E-state index in [-0.39, 0.29) is 0 Å². The smallest absolute Gasteiger partial charge is 0.129 e. The Hall–Kier alpha value is -1.89. The molecule has 0 saturated heterocycles. The van der Waals surface area contributed by atoms with Crippen molar-refractivity contribution < 1.29 is 4.74 Å². The monoisotopic (exact) mass is 309 g/mol. The minimum atomic E-state index is -1.37. The van der Waals surface area contributed by atoms with Crippen molar-refractivity contribution in [2.75, 3.05) is 6.61 Å². The van der Waals surface area contributed by atoms with Crippen LogP contribution in [0.25, 0.3) is 0 Å². The highest BCUT2D eigenvalue weighted by molar-refractivity contribution is 6.83.